The van der Waals surface area contributed by atoms with Crippen molar-refractivity contribution in [2.75, 3.05) is 25.2 Å². The SMILES string of the molecule is O=C(Nc1nccs1)C1CCN(C(=O)c2ccc3c(c2)OCO3)CC1. The van der Waals surface area contributed by atoms with E-state index < -0.39 is 0 Å². The molecule has 0 spiro atoms. The zero-order valence-corrected chi connectivity index (χ0v) is 14.3. The summed E-state index contributed by atoms with van der Waals surface area (Å²) >= 11 is 1.40. The van der Waals surface area contributed by atoms with Crippen LogP contribution in [0.2, 0.25) is 0 Å². The first-order valence-electron chi connectivity index (χ1n) is 8.10. The van der Waals surface area contributed by atoms with Crippen LogP contribution < -0.4 is 14.8 Å². The third-order valence-electron chi connectivity index (χ3n) is 4.43. The number of aromatic nitrogens is 1. The number of carbonyl (C=O) groups is 2. The number of nitrogens with zero attached hydrogens (tertiary/aromatic N) is 2. The second-order valence-electron chi connectivity index (χ2n) is 5.96. The molecule has 3 heterocycles. The lowest BCUT2D eigenvalue weighted by Crippen LogP contribution is -2.41. The van der Waals surface area contributed by atoms with Crippen LogP contribution in [0.15, 0.2) is 29.8 Å². The second-order valence-corrected chi connectivity index (χ2v) is 6.86. The number of benzene rings is 1. The molecule has 2 aliphatic heterocycles. The quantitative estimate of drug-likeness (QED) is 0.910. The zero-order chi connectivity index (χ0) is 17.2. The summed E-state index contributed by atoms with van der Waals surface area (Å²) in [6.45, 7) is 1.30. The van der Waals surface area contributed by atoms with E-state index in [9.17, 15) is 9.59 Å². The van der Waals surface area contributed by atoms with Gasteiger partial charge in [-0.2, -0.15) is 0 Å². The van der Waals surface area contributed by atoms with E-state index in [0.29, 0.717) is 48.1 Å². The molecule has 0 saturated carbocycles. The van der Waals surface area contributed by atoms with Crippen LogP contribution >= 0.6 is 11.3 Å². The number of fused-ring (bicyclic) bond motifs is 1. The molecule has 1 fully saturated rings. The van der Waals surface area contributed by atoms with Crippen LogP contribution in [-0.2, 0) is 4.79 Å². The summed E-state index contributed by atoms with van der Waals surface area (Å²) in [6.07, 6.45) is 2.95. The Morgan fingerprint density at radius 3 is 2.76 bits per heavy atom. The van der Waals surface area contributed by atoms with Gasteiger partial charge < -0.3 is 19.7 Å². The van der Waals surface area contributed by atoms with Gasteiger partial charge in [-0.05, 0) is 31.0 Å². The van der Waals surface area contributed by atoms with Gasteiger partial charge in [0.2, 0.25) is 12.7 Å². The first-order valence-corrected chi connectivity index (χ1v) is 8.98. The molecule has 2 aliphatic rings. The fourth-order valence-electron chi connectivity index (χ4n) is 3.05. The normalized spacial score (nSPS) is 16.7. The number of anilines is 1. The number of amides is 2. The lowest BCUT2D eigenvalue weighted by Gasteiger charge is -2.31. The number of nitrogens with one attached hydrogen (secondary N) is 1. The molecule has 1 N–H and O–H groups in total. The Balaban J connectivity index is 1.35. The van der Waals surface area contributed by atoms with Crippen LogP contribution in [0.25, 0.3) is 0 Å². The Hall–Kier alpha value is -2.61. The topological polar surface area (TPSA) is 80.8 Å². The molecule has 1 aromatic heterocycles. The maximum absolute atomic E-state index is 12.7. The van der Waals surface area contributed by atoms with Gasteiger partial charge in [-0.25, -0.2) is 4.98 Å². The smallest absolute Gasteiger partial charge is 0.253 e. The number of hydrogen-bond acceptors (Lipinski definition) is 6. The summed E-state index contributed by atoms with van der Waals surface area (Å²) in [5, 5.41) is 5.27. The van der Waals surface area contributed by atoms with Crippen LogP contribution in [0.4, 0.5) is 5.13 Å². The number of piperidine rings is 1. The van der Waals surface area contributed by atoms with Gasteiger partial charge in [0.25, 0.3) is 5.91 Å². The van der Waals surface area contributed by atoms with Gasteiger partial charge in [0.1, 0.15) is 0 Å². The lowest BCUT2D eigenvalue weighted by molar-refractivity contribution is -0.121. The molecule has 4 rings (SSSR count). The molecule has 1 saturated heterocycles. The molecule has 0 aliphatic carbocycles. The summed E-state index contributed by atoms with van der Waals surface area (Å²) in [5.41, 5.74) is 0.579. The number of rotatable bonds is 3. The van der Waals surface area contributed by atoms with Gasteiger partial charge >= 0.3 is 0 Å². The van der Waals surface area contributed by atoms with Crippen LogP contribution in [-0.4, -0.2) is 41.6 Å². The minimum absolute atomic E-state index is 0.0230. The van der Waals surface area contributed by atoms with Crippen LogP contribution in [0, 0.1) is 5.92 Å². The van der Waals surface area contributed by atoms with E-state index in [4.69, 9.17) is 9.47 Å². The first kappa shape index (κ1) is 15.9. The molecule has 25 heavy (non-hydrogen) atoms. The average Bonchev–Trinajstić information content (AvgIpc) is 3.32. The lowest BCUT2D eigenvalue weighted by atomic mass is 9.95. The number of carbonyl (C=O) groups excluding carboxylic acids is 2. The second kappa shape index (κ2) is 6.72. The Morgan fingerprint density at radius 2 is 2.00 bits per heavy atom. The fourth-order valence-corrected chi connectivity index (χ4v) is 3.58. The predicted molar refractivity (Wildman–Crippen MR) is 91.9 cm³/mol. The van der Waals surface area contributed by atoms with Gasteiger partial charge in [0, 0.05) is 36.1 Å². The summed E-state index contributed by atoms with van der Waals surface area (Å²) < 4.78 is 10.6. The van der Waals surface area contributed by atoms with Crippen LogP contribution in [0.1, 0.15) is 23.2 Å². The minimum Gasteiger partial charge on any atom is -0.454 e. The van der Waals surface area contributed by atoms with Crippen molar-refractivity contribution in [2.24, 2.45) is 5.92 Å². The van der Waals surface area contributed by atoms with Crippen molar-refractivity contribution in [1.82, 2.24) is 9.88 Å². The van der Waals surface area contributed by atoms with E-state index in [-0.39, 0.29) is 24.5 Å². The molecule has 2 amide bonds. The van der Waals surface area contributed by atoms with E-state index in [2.05, 4.69) is 10.3 Å². The highest BCUT2D eigenvalue weighted by Crippen LogP contribution is 2.33. The van der Waals surface area contributed by atoms with Gasteiger partial charge in [0.15, 0.2) is 16.6 Å². The molecule has 0 radical (unpaired) electrons. The number of ether oxygens (including phenoxy) is 2. The van der Waals surface area contributed by atoms with Crippen molar-refractivity contribution in [3.8, 4) is 11.5 Å². The van der Waals surface area contributed by atoms with Gasteiger partial charge in [-0.3, -0.25) is 9.59 Å². The highest BCUT2D eigenvalue weighted by atomic mass is 32.1. The fraction of sp³-hybridized carbons (Fsp3) is 0.353. The summed E-state index contributed by atoms with van der Waals surface area (Å²) in [4.78, 5) is 30.8. The highest BCUT2D eigenvalue weighted by Gasteiger charge is 2.29. The highest BCUT2D eigenvalue weighted by molar-refractivity contribution is 7.13. The van der Waals surface area contributed by atoms with Gasteiger partial charge in [-0.1, -0.05) is 0 Å². The number of hydrogen-bond donors (Lipinski definition) is 1. The van der Waals surface area contributed by atoms with Crippen molar-refractivity contribution < 1.29 is 19.1 Å². The number of likely N-dealkylation sites (tertiary alicyclic amines) is 1. The summed E-state index contributed by atoms with van der Waals surface area (Å²) in [5.74, 6) is 1.10. The molecule has 0 unspecified atom stereocenters. The molecule has 7 nitrogen and oxygen atoms in total. The molecular formula is C17H17N3O4S. The molecule has 130 valence electrons. The van der Waals surface area contributed by atoms with E-state index in [0.717, 1.165) is 0 Å². The van der Waals surface area contributed by atoms with Crippen molar-refractivity contribution >= 4 is 28.3 Å². The molecule has 0 bridgehead atoms. The maximum atomic E-state index is 12.7. The van der Waals surface area contributed by atoms with Gasteiger partial charge in [0.05, 0.1) is 0 Å². The molecular weight excluding hydrogens is 342 g/mol. The molecule has 8 heteroatoms. The van der Waals surface area contributed by atoms with Crippen LogP contribution in [0.5, 0.6) is 11.5 Å². The van der Waals surface area contributed by atoms with Crippen molar-refractivity contribution in [1.29, 1.82) is 0 Å². The van der Waals surface area contributed by atoms with Crippen molar-refractivity contribution in [3.05, 3.63) is 35.3 Å². The molecule has 1 aromatic carbocycles. The third kappa shape index (κ3) is 3.30. The standard InChI is InChI=1S/C17H17N3O4S/c21-15(19-17-18-5-8-25-17)11-3-6-20(7-4-11)16(22)12-1-2-13-14(9-12)24-10-23-13/h1-2,5,8-9,11H,3-4,6-7,10H2,(H,18,19,21). The van der Waals surface area contributed by atoms with E-state index >= 15 is 0 Å². The maximum Gasteiger partial charge on any atom is 0.253 e. The minimum atomic E-state index is -0.0929. The number of thiazole rings is 1. The predicted octanol–water partition coefficient (Wildman–Crippen LogP) is 2.36. The third-order valence-corrected chi connectivity index (χ3v) is 5.12. The van der Waals surface area contributed by atoms with Crippen molar-refractivity contribution in [2.45, 2.75) is 12.8 Å². The van der Waals surface area contributed by atoms with Crippen LogP contribution in [0.3, 0.4) is 0 Å². The van der Waals surface area contributed by atoms with E-state index in [1.54, 1.807) is 29.3 Å². The Labute approximate surface area is 148 Å². The molecule has 0 atom stereocenters. The first-order chi connectivity index (χ1) is 12.2. The average molecular weight is 359 g/mol. The Bertz CT molecular complexity index is 785. The van der Waals surface area contributed by atoms with E-state index in [1.165, 1.54) is 11.3 Å². The molecule has 2 aromatic rings. The monoisotopic (exact) mass is 359 g/mol. The summed E-state index contributed by atoms with van der Waals surface area (Å²) in [6, 6.07) is 5.22. The Kier molecular flexibility index (Phi) is 4.27. The zero-order valence-electron chi connectivity index (χ0n) is 13.4. The van der Waals surface area contributed by atoms with E-state index in [1.807, 2.05) is 5.38 Å². The van der Waals surface area contributed by atoms with Crippen molar-refractivity contribution in [3.63, 3.8) is 0 Å². The Morgan fingerprint density at radius 1 is 1.20 bits per heavy atom. The largest absolute Gasteiger partial charge is 0.454 e. The summed E-state index contributed by atoms with van der Waals surface area (Å²) in [7, 11) is 0. The van der Waals surface area contributed by atoms with Gasteiger partial charge in [-0.15, -0.1) is 11.3 Å².